The van der Waals surface area contributed by atoms with Crippen LogP contribution in [-0.2, 0) is 4.79 Å². The Morgan fingerprint density at radius 2 is 1.82 bits per heavy atom. The molecule has 1 saturated heterocycles. The summed E-state index contributed by atoms with van der Waals surface area (Å²) in [5, 5.41) is 2.98. The van der Waals surface area contributed by atoms with Gasteiger partial charge in [-0.2, -0.15) is 0 Å². The maximum atomic E-state index is 12.7. The Kier molecular flexibility index (Phi) is 6.36. The highest BCUT2D eigenvalue weighted by atomic mass is 32.1. The molecule has 0 aliphatic carbocycles. The molecule has 0 bridgehead atoms. The minimum atomic E-state index is -0.286. The average molecular weight is 402 g/mol. The molecule has 1 aromatic heterocycles. The molecule has 0 saturated carbocycles. The molecule has 1 aliphatic heterocycles. The van der Waals surface area contributed by atoms with Gasteiger partial charge in [0.25, 0.3) is 5.91 Å². The van der Waals surface area contributed by atoms with E-state index in [1.807, 2.05) is 56.0 Å². The van der Waals surface area contributed by atoms with Crippen molar-refractivity contribution in [1.29, 1.82) is 0 Å². The summed E-state index contributed by atoms with van der Waals surface area (Å²) in [6.45, 7) is 8.48. The number of hydrogen-bond acceptors (Lipinski definition) is 5. The maximum absolute atomic E-state index is 12.7. The van der Waals surface area contributed by atoms with Crippen LogP contribution in [0.1, 0.15) is 27.0 Å². The number of nitrogens with zero attached hydrogens (tertiary/aromatic N) is 2. The Morgan fingerprint density at radius 1 is 1.11 bits per heavy atom. The lowest BCUT2D eigenvalue weighted by atomic mass is 10.1. The zero-order valence-electron chi connectivity index (χ0n) is 16.8. The Morgan fingerprint density at radius 3 is 2.43 bits per heavy atom. The fraction of sp³-hybridized carbons (Fsp3) is 0.429. The molecule has 2 amide bonds. The van der Waals surface area contributed by atoms with E-state index in [0.717, 1.165) is 15.3 Å². The van der Waals surface area contributed by atoms with Crippen LogP contribution in [0.4, 0.5) is 5.69 Å². The molecule has 28 heavy (non-hydrogen) atoms. The minimum Gasteiger partial charge on any atom is -0.495 e. The van der Waals surface area contributed by atoms with E-state index >= 15 is 0 Å². The van der Waals surface area contributed by atoms with E-state index in [2.05, 4.69) is 10.2 Å². The summed E-state index contributed by atoms with van der Waals surface area (Å²) in [4.78, 5) is 31.2. The Hall–Kier alpha value is -2.38. The molecule has 1 fully saturated rings. The third-order valence-electron chi connectivity index (χ3n) is 5.09. The van der Waals surface area contributed by atoms with Crippen molar-refractivity contribution in [1.82, 2.24) is 9.80 Å². The lowest BCUT2D eigenvalue weighted by Crippen LogP contribution is -2.53. The van der Waals surface area contributed by atoms with Crippen molar-refractivity contribution >= 4 is 28.8 Å². The molecule has 2 heterocycles. The summed E-state index contributed by atoms with van der Waals surface area (Å²) in [6, 6.07) is 9.28. The number of nitrogens with one attached hydrogen (secondary N) is 1. The standard InChI is InChI=1S/C21H27N3O3S/c1-14-5-7-18(27-4)17(13-14)22-20(25)16(3)23-9-11-24(12-10-23)21(26)19-8-6-15(2)28-19/h5-8,13,16H,9-12H2,1-4H3,(H,22,25). The second-order valence-electron chi connectivity index (χ2n) is 7.11. The highest BCUT2D eigenvalue weighted by molar-refractivity contribution is 7.13. The Bertz CT molecular complexity index is 856. The van der Waals surface area contributed by atoms with Crippen molar-refractivity contribution in [2.45, 2.75) is 26.8 Å². The highest BCUT2D eigenvalue weighted by Gasteiger charge is 2.28. The Balaban J connectivity index is 1.57. The number of methoxy groups -OCH3 is 1. The van der Waals surface area contributed by atoms with Crippen LogP contribution in [0.5, 0.6) is 5.75 Å². The molecule has 6 nitrogen and oxygen atoms in total. The molecule has 1 aromatic carbocycles. The predicted octanol–water partition coefficient (Wildman–Crippen LogP) is 3.16. The van der Waals surface area contributed by atoms with Gasteiger partial charge in [-0.05, 0) is 50.6 Å². The van der Waals surface area contributed by atoms with Gasteiger partial charge in [0.15, 0.2) is 0 Å². The number of carbonyl (C=O) groups is 2. The van der Waals surface area contributed by atoms with E-state index in [-0.39, 0.29) is 17.9 Å². The number of piperazine rings is 1. The molecule has 1 aliphatic rings. The maximum Gasteiger partial charge on any atom is 0.264 e. The third-order valence-corrected chi connectivity index (χ3v) is 6.08. The predicted molar refractivity (Wildman–Crippen MR) is 112 cm³/mol. The SMILES string of the molecule is COc1ccc(C)cc1NC(=O)C(C)N1CCN(C(=O)c2ccc(C)s2)CC1. The zero-order valence-corrected chi connectivity index (χ0v) is 17.6. The van der Waals surface area contributed by atoms with Crippen LogP contribution >= 0.6 is 11.3 Å². The van der Waals surface area contributed by atoms with Crippen molar-refractivity contribution in [2.75, 3.05) is 38.6 Å². The summed E-state index contributed by atoms with van der Waals surface area (Å²) in [5.41, 5.74) is 1.74. The van der Waals surface area contributed by atoms with E-state index < -0.39 is 0 Å². The van der Waals surface area contributed by atoms with Crippen LogP contribution < -0.4 is 10.1 Å². The van der Waals surface area contributed by atoms with Crippen molar-refractivity contribution in [3.05, 3.63) is 45.6 Å². The number of anilines is 1. The van der Waals surface area contributed by atoms with Crippen LogP contribution in [0.2, 0.25) is 0 Å². The number of thiophene rings is 1. The number of hydrogen-bond donors (Lipinski definition) is 1. The van der Waals surface area contributed by atoms with Crippen molar-refractivity contribution in [2.24, 2.45) is 0 Å². The quantitative estimate of drug-likeness (QED) is 0.836. The molecule has 0 radical (unpaired) electrons. The number of rotatable bonds is 5. The van der Waals surface area contributed by atoms with Gasteiger partial charge in [-0.15, -0.1) is 11.3 Å². The molecule has 3 rings (SSSR count). The third kappa shape index (κ3) is 4.54. The molecule has 1 unspecified atom stereocenters. The zero-order chi connectivity index (χ0) is 20.3. The lowest BCUT2D eigenvalue weighted by Gasteiger charge is -2.37. The lowest BCUT2D eigenvalue weighted by molar-refractivity contribution is -0.121. The number of carbonyl (C=O) groups excluding carboxylic acids is 2. The smallest absolute Gasteiger partial charge is 0.264 e. The normalized spacial score (nSPS) is 15.9. The highest BCUT2D eigenvalue weighted by Crippen LogP contribution is 2.26. The summed E-state index contributed by atoms with van der Waals surface area (Å²) in [6.07, 6.45) is 0. The number of ether oxygens (including phenoxy) is 1. The monoisotopic (exact) mass is 401 g/mol. The van der Waals surface area contributed by atoms with Gasteiger partial charge in [-0.1, -0.05) is 6.07 Å². The van der Waals surface area contributed by atoms with Crippen molar-refractivity contribution in [3.8, 4) is 5.75 Å². The van der Waals surface area contributed by atoms with Gasteiger partial charge in [0.1, 0.15) is 5.75 Å². The first-order valence-corrected chi connectivity index (χ1v) is 10.3. The summed E-state index contributed by atoms with van der Waals surface area (Å²) >= 11 is 1.53. The fourth-order valence-electron chi connectivity index (χ4n) is 3.34. The van der Waals surface area contributed by atoms with Gasteiger partial charge in [0.2, 0.25) is 5.91 Å². The van der Waals surface area contributed by atoms with Crippen molar-refractivity contribution in [3.63, 3.8) is 0 Å². The first kappa shape index (κ1) is 20.4. The Labute approximate surface area is 170 Å². The van der Waals surface area contributed by atoms with Crippen molar-refractivity contribution < 1.29 is 14.3 Å². The van der Waals surface area contributed by atoms with Crippen LogP contribution in [0.25, 0.3) is 0 Å². The van der Waals surface area contributed by atoms with Crippen LogP contribution in [0.15, 0.2) is 30.3 Å². The fourth-order valence-corrected chi connectivity index (χ4v) is 4.18. The molecule has 0 spiro atoms. The average Bonchev–Trinajstić information content (AvgIpc) is 3.13. The van der Waals surface area contributed by atoms with Gasteiger partial charge >= 0.3 is 0 Å². The molecule has 1 N–H and O–H groups in total. The van der Waals surface area contributed by atoms with Gasteiger partial charge < -0.3 is 15.0 Å². The molecule has 2 aromatic rings. The van der Waals surface area contributed by atoms with Gasteiger partial charge in [0, 0.05) is 31.1 Å². The largest absolute Gasteiger partial charge is 0.495 e. The van der Waals surface area contributed by atoms with Gasteiger partial charge in [-0.3, -0.25) is 14.5 Å². The van der Waals surface area contributed by atoms with Crippen LogP contribution in [-0.4, -0.2) is 60.9 Å². The van der Waals surface area contributed by atoms with E-state index in [0.29, 0.717) is 37.6 Å². The summed E-state index contributed by atoms with van der Waals surface area (Å²) in [7, 11) is 1.59. The van der Waals surface area contributed by atoms with E-state index in [9.17, 15) is 9.59 Å². The van der Waals surface area contributed by atoms with Gasteiger partial charge in [0.05, 0.1) is 23.7 Å². The first-order valence-electron chi connectivity index (χ1n) is 9.44. The molecule has 1 atom stereocenters. The molecule has 150 valence electrons. The van der Waals surface area contributed by atoms with Crippen LogP contribution in [0, 0.1) is 13.8 Å². The minimum absolute atomic E-state index is 0.0717. The molecule has 7 heteroatoms. The topological polar surface area (TPSA) is 61.9 Å². The number of aryl methyl sites for hydroxylation is 2. The first-order chi connectivity index (χ1) is 13.4. The van der Waals surface area contributed by atoms with Crippen LogP contribution in [0.3, 0.4) is 0 Å². The summed E-state index contributed by atoms with van der Waals surface area (Å²) < 4.78 is 5.34. The molecular weight excluding hydrogens is 374 g/mol. The number of amides is 2. The molecular formula is C21H27N3O3S. The van der Waals surface area contributed by atoms with Gasteiger partial charge in [-0.25, -0.2) is 0 Å². The van der Waals surface area contributed by atoms with E-state index in [1.54, 1.807) is 7.11 Å². The van der Waals surface area contributed by atoms with E-state index in [1.165, 1.54) is 11.3 Å². The number of benzene rings is 1. The second-order valence-corrected chi connectivity index (χ2v) is 8.40. The summed E-state index contributed by atoms with van der Waals surface area (Å²) in [5.74, 6) is 0.657. The van der Waals surface area contributed by atoms with E-state index in [4.69, 9.17) is 4.74 Å². The second kappa shape index (κ2) is 8.75.